The topological polar surface area (TPSA) is 21.3 Å². The Morgan fingerprint density at radius 3 is 2.63 bits per heavy atom. The summed E-state index contributed by atoms with van der Waals surface area (Å²) in [5.74, 6) is 0.887. The van der Waals surface area contributed by atoms with Crippen molar-refractivity contribution in [3.05, 3.63) is 66.7 Å². The first kappa shape index (κ1) is 13.2. The van der Waals surface area contributed by atoms with Gasteiger partial charge in [-0.3, -0.25) is 0 Å². The monoisotopic (exact) mass is 253 g/mol. The quantitative estimate of drug-likeness (QED) is 0.832. The van der Waals surface area contributed by atoms with Crippen molar-refractivity contribution in [1.29, 1.82) is 0 Å². The molecule has 0 amide bonds. The first-order chi connectivity index (χ1) is 9.29. The Hall–Kier alpha value is -2.22. The molecule has 19 heavy (non-hydrogen) atoms. The fraction of sp³-hybridized carbons (Fsp3) is 0.176. The summed E-state index contributed by atoms with van der Waals surface area (Å²) in [7, 11) is 0. The molecule has 2 aromatic carbocycles. The third-order valence-corrected chi connectivity index (χ3v) is 2.83. The lowest BCUT2D eigenvalue weighted by atomic mass is 10.1. The van der Waals surface area contributed by atoms with E-state index < -0.39 is 0 Å². The van der Waals surface area contributed by atoms with E-state index in [0.29, 0.717) is 6.61 Å². The van der Waals surface area contributed by atoms with Gasteiger partial charge in [0, 0.05) is 18.3 Å². The van der Waals surface area contributed by atoms with Crippen LogP contribution in [0.25, 0.3) is 5.57 Å². The molecule has 98 valence electrons. The van der Waals surface area contributed by atoms with E-state index >= 15 is 0 Å². The maximum Gasteiger partial charge on any atom is 0.121 e. The molecular formula is C17H19NO. The summed E-state index contributed by atoms with van der Waals surface area (Å²) in [6, 6.07) is 18.2. The van der Waals surface area contributed by atoms with Gasteiger partial charge in [0.2, 0.25) is 0 Å². The van der Waals surface area contributed by atoms with E-state index in [1.54, 1.807) is 0 Å². The van der Waals surface area contributed by atoms with Gasteiger partial charge in [-0.15, -0.1) is 0 Å². The van der Waals surface area contributed by atoms with E-state index in [1.165, 1.54) is 0 Å². The van der Waals surface area contributed by atoms with Gasteiger partial charge in [0.1, 0.15) is 5.75 Å². The number of rotatable bonds is 6. The molecule has 0 spiro atoms. The third kappa shape index (κ3) is 3.88. The minimum atomic E-state index is 0.681. The standard InChI is InChI=1S/C17H19NO/c1-3-19-17-11-7-10-16(12-17)18-13-14(2)15-8-5-4-6-9-15/h4-12,18H,2-3,13H2,1H3. The molecule has 0 aliphatic carbocycles. The van der Waals surface area contributed by atoms with Crippen LogP contribution in [-0.2, 0) is 0 Å². The van der Waals surface area contributed by atoms with Gasteiger partial charge in [0.15, 0.2) is 0 Å². The Labute approximate surface area is 114 Å². The van der Waals surface area contributed by atoms with E-state index in [0.717, 1.165) is 29.1 Å². The average Bonchev–Trinajstić information content (AvgIpc) is 2.46. The predicted octanol–water partition coefficient (Wildman–Crippen LogP) is 4.21. The highest BCUT2D eigenvalue weighted by Crippen LogP contribution is 2.19. The molecule has 2 heteroatoms. The molecular weight excluding hydrogens is 234 g/mol. The summed E-state index contributed by atoms with van der Waals surface area (Å²) in [4.78, 5) is 0. The molecule has 0 saturated heterocycles. The zero-order valence-electron chi connectivity index (χ0n) is 11.2. The molecule has 0 radical (unpaired) electrons. The summed E-state index contributed by atoms with van der Waals surface area (Å²) in [5.41, 5.74) is 3.28. The lowest BCUT2D eigenvalue weighted by Gasteiger charge is -2.10. The number of ether oxygens (including phenoxy) is 1. The van der Waals surface area contributed by atoms with E-state index in [2.05, 4.69) is 24.0 Å². The van der Waals surface area contributed by atoms with Gasteiger partial charge in [-0.05, 0) is 30.2 Å². The Bertz CT molecular complexity index is 534. The molecule has 0 unspecified atom stereocenters. The smallest absolute Gasteiger partial charge is 0.121 e. The minimum Gasteiger partial charge on any atom is -0.494 e. The van der Waals surface area contributed by atoms with Crippen molar-refractivity contribution in [1.82, 2.24) is 0 Å². The fourth-order valence-corrected chi connectivity index (χ4v) is 1.85. The molecule has 1 N–H and O–H groups in total. The molecule has 0 fully saturated rings. The first-order valence-corrected chi connectivity index (χ1v) is 6.49. The first-order valence-electron chi connectivity index (χ1n) is 6.49. The molecule has 2 rings (SSSR count). The van der Waals surface area contributed by atoms with Gasteiger partial charge >= 0.3 is 0 Å². The lowest BCUT2D eigenvalue weighted by molar-refractivity contribution is 0.340. The number of hydrogen-bond donors (Lipinski definition) is 1. The second-order valence-electron chi connectivity index (χ2n) is 4.28. The van der Waals surface area contributed by atoms with Crippen molar-refractivity contribution in [3.63, 3.8) is 0 Å². The average molecular weight is 253 g/mol. The van der Waals surface area contributed by atoms with E-state index in [9.17, 15) is 0 Å². The van der Waals surface area contributed by atoms with E-state index in [-0.39, 0.29) is 0 Å². The van der Waals surface area contributed by atoms with Crippen LogP contribution < -0.4 is 10.1 Å². The number of nitrogens with one attached hydrogen (secondary N) is 1. The Morgan fingerprint density at radius 1 is 1.11 bits per heavy atom. The molecule has 0 heterocycles. The maximum atomic E-state index is 5.48. The van der Waals surface area contributed by atoms with Gasteiger partial charge in [-0.2, -0.15) is 0 Å². The van der Waals surface area contributed by atoms with Crippen LogP contribution in [0.15, 0.2) is 61.2 Å². The van der Waals surface area contributed by atoms with Crippen LogP contribution in [0.1, 0.15) is 12.5 Å². The summed E-state index contributed by atoms with van der Waals surface area (Å²) >= 11 is 0. The third-order valence-electron chi connectivity index (χ3n) is 2.83. The van der Waals surface area contributed by atoms with Gasteiger partial charge in [-0.1, -0.05) is 43.0 Å². The summed E-state index contributed by atoms with van der Waals surface area (Å²) in [5, 5.41) is 3.36. The molecule has 2 aromatic rings. The SMILES string of the molecule is C=C(CNc1cccc(OCC)c1)c1ccccc1. The molecule has 2 nitrogen and oxygen atoms in total. The zero-order chi connectivity index (χ0) is 13.5. The van der Waals surface area contributed by atoms with Gasteiger partial charge in [-0.25, -0.2) is 0 Å². The van der Waals surface area contributed by atoms with Crippen molar-refractivity contribution in [2.75, 3.05) is 18.5 Å². The van der Waals surface area contributed by atoms with Crippen LogP contribution in [0.3, 0.4) is 0 Å². The number of benzene rings is 2. The van der Waals surface area contributed by atoms with Crippen LogP contribution in [0.5, 0.6) is 5.75 Å². The van der Waals surface area contributed by atoms with Crippen molar-refractivity contribution in [2.45, 2.75) is 6.92 Å². The van der Waals surface area contributed by atoms with Crippen molar-refractivity contribution < 1.29 is 4.74 Å². The van der Waals surface area contributed by atoms with Gasteiger partial charge in [0.05, 0.1) is 6.61 Å². The highest BCUT2D eigenvalue weighted by Gasteiger charge is 1.99. The van der Waals surface area contributed by atoms with Crippen LogP contribution >= 0.6 is 0 Å². The second-order valence-corrected chi connectivity index (χ2v) is 4.28. The summed E-state index contributed by atoms with van der Waals surface area (Å²) in [6.07, 6.45) is 0. The fourth-order valence-electron chi connectivity index (χ4n) is 1.85. The largest absolute Gasteiger partial charge is 0.494 e. The number of hydrogen-bond acceptors (Lipinski definition) is 2. The van der Waals surface area contributed by atoms with Crippen molar-refractivity contribution >= 4 is 11.3 Å². The maximum absolute atomic E-state index is 5.48. The molecule has 0 aliphatic rings. The van der Waals surface area contributed by atoms with Crippen LogP contribution in [0.2, 0.25) is 0 Å². The highest BCUT2D eigenvalue weighted by atomic mass is 16.5. The normalized spacial score (nSPS) is 9.95. The second kappa shape index (κ2) is 6.64. The Morgan fingerprint density at radius 2 is 1.89 bits per heavy atom. The van der Waals surface area contributed by atoms with Gasteiger partial charge < -0.3 is 10.1 Å². The molecule has 0 aromatic heterocycles. The number of anilines is 1. The van der Waals surface area contributed by atoms with Crippen LogP contribution in [0, 0.1) is 0 Å². The zero-order valence-corrected chi connectivity index (χ0v) is 11.2. The molecule has 0 aliphatic heterocycles. The van der Waals surface area contributed by atoms with Crippen LogP contribution in [0.4, 0.5) is 5.69 Å². The lowest BCUT2D eigenvalue weighted by Crippen LogP contribution is -2.03. The van der Waals surface area contributed by atoms with Crippen LogP contribution in [-0.4, -0.2) is 13.2 Å². The predicted molar refractivity (Wildman–Crippen MR) is 81.6 cm³/mol. The molecule has 0 saturated carbocycles. The molecule has 0 atom stereocenters. The van der Waals surface area contributed by atoms with Gasteiger partial charge in [0.25, 0.3) is 0 Å². The van der Waals surface area contributed by atoms with Crippen molar-refractivity contribution in [2.24, 2.45) is 0 Å². The van der Waals surface area contributed by atoms with E-state index in [1.807, 2.05) is 49.4 Å². The summed E-state index contributed by atoms with van der Waals surface area (Å²) in [6.45, 7) is 7.49. The Kier molecular flexibility index (Phi) is 4.62. The Balaban J connectivity index is 1.95. The van der Waals surface area contributed by atoms with Crippen molar-refractivity contribution in [3.8, 4) is 5.75 Å². The van der Waals surface area contributed by atoms with E-state index in [4.69, 9.17) is 4.74 Å². The molecule has 0 bridgehead atoms. The minimum absolute atomic E-state index is 0.681. The summed E-state index contributed by atoms with van der Waals surface area (Å²) < 4.78 is 5.48. The highest BCUT2D eigenvalue weighted by molar-refractivity contribution is 5.67.